The van der Waals surface area contributed by atoms with Crippen LogP contribution in [0.4, 0.5) is 0 Å². The molecule has 0 aromatic heterocycles. The zero-order chi connectivity index (χ0) is 10.3. The van der Waals surface area contributed by atoms with Crippen molar-refractivity contribution in [2.75, 3.05) is 0 Å². The number of hydrogen-bond acceptors (Lipinski definition) is 2. The summed E-state index contributed by atoms with van der Waals surface area (Å²) in [6.45, 7) is 6.02. The van der Waals surface area contributed by atoms with E-state index in [0.29, 0.717) is 11.9 Å². The molecule has 14 heavy (non-hydrogen) atoms. The second-order valence-corrected chi connectivity index (χ2v) is 4.11. The molecule has 0 radical (unpaired) electrons. The van der Waals surface area contributed by atoms with Crippen molar-refractivity contribution in [2.24, 2.45) is 0 Å². The number of ether oxygens (including phenoxy) is 1. The predicted molar refractivity (Wildman–Crippen MR) is 56.0 cm³/mol. The normalized spacial score (nSPS) is 20.1. The van der Waals surface area contributed by atoms with E-state index in [1.165, 1.54) is 5.56 Å². The Morgan fingerprint density at radius 2 is 2.14 bits per heavy atom. The summed E-state index contributed by atoms with van der Waals surface area (Å²) in [5, 5.41) is 9.67. The molecular formula is C12H16O2. The van der Waals surface area contributed by atoms with E-state index in [0.717, 1.165) is 29.7 Å². The van der Waals surface area contributed by atoms with Gasteiger partial charge in [-0.05, 0) is 50.8 Å². The Morgan fingerprint density at radius 1 is 1.43 bits per heavy atom. The SMILES string of the molecule is Cc1cc(O)c(C)c2c1OC(C)CC2. The van der Waals surface area contributed by atoms with E-state index in [4.69, 9.17) is 4.74 Å². The summed E-state index contributed by atoms with van der Waals surface area (Å²) in [6.07, 6.45) is 2.35. The van der Waals surface area contributed by atoms with Crippen molar-refractivity contribution in [1.29, 1.82) is 0 Å². The minimum absolute atomic E-state index is 0.296. The van der Waals surface area contributed by atoms with Gasteiger partial charge < -0.3 is 9.84 Å². The van der Waals surface area contributed by atoms with Crippen molar-refractivity contribution in [3.63, 3.8) is 0 Å². The molecule has 0 saturated heterocycles. The first kappa shape index (κ1) is 9.38. The average molecular weight is 192 g/mol. The number of rotatable bonds is 0. The quantitative estimate of drug-likeness (QED) is 0.684. The van der Waals surface area contributed by atoms with Gasteiger partial charge in [0, 0.05) is 5.56 Å². The third-order valence-corrected chi connectivity index (χ3v) is 2.94. The monoisotopic (exact) mass is 192 g/mol. The standard InChI is InChI=1S/C12H16O2/c1-7-6-11(13)9(3)10-5-4-8(2)14-12(7)10/h6,8,13H,4-5H2,1-3H3. The maximum atomic E-state index is 9.67. The second kappa shape index (κ2) is 3.19. The number of phenols is 1. The molecule has 0 bridgehead atoms. The van der Waals surface area contributed by atoms with Gasteiger partial charge in [-0.3, -0.25) is 0 Å². The number of benzene rings is 1. The predicted octanol–water partition coefficient (Wildman–Crippen LogP) is 2.72. The summed E-state index contributed by atoms with van der Waals surface area (Å²) in [5.74, 6) is 1.37. The minimum atomic E-state index is 0.296. The van der Waals surface area contributed by atoms with Crippen molar-refractivity contribution in [1.82, 2.24) is 0 Å². The highest BCUT2D eigenvalue weighted by atomic mass is 16.5. The van der Waals surface area contributed by atoms with Crippen LogP contribution in [0.3, 0.4) is 0 Å². The minimum Gasteiger partial charge on any atom is -0.508 e. The van der Waals surface area contributed by atoms with Gasteiger partial charge in [0.15, 0.2) is 0 Å². The van der Waals surface area contributed by atoms with Crippen molar-refractivity contribution >= 4 is 0 Å². The maximum Gasteiger partial charge on any atom is 0.126 e. The third-order valence-electron chi connectivity index (χ3n) is 2.94. The molecule has 0 aliphatic carbocycles. The molecule has 1 atom stereocenters. The summed E-state index contributed by atoms with van der Waals surface area (Å²) in [7, 11) is 0. The largest absolute Gasteiger partial charge is 0.508 e. The number of aromatic hydroxyl groups is 1. The molecule has 1 N–H and O–H groups in total. The Kier molecular flexibility index (Phi) is 2.14. The zero-order valence-electron chi connectivity index (χ0n) is 8.92. The van der Waals surface area contributed by atoms with Gasteiger partial charge in [0.2, 0.25) is 0 Å². The molecule has 1 aliphatic heterocycles. The maximum absolute atomic E-state index is 9.67. The number of fused-ring (bicyclic) bond motifs is 1. The number of aryl methyl sites for hydroxylation is 1. The van der Waals surface area contributed by atoms with Gasteiger partial charge in [0.05, 0.1) is 6.10 Å². The van der Waals surface area contributed by atoms with Crippen molar-refractivity contribution < 1.29 is 9.84 Å². The van der Waals surface area contributed by atoms with Crippen LogP contribution >= 0.6 is 0 Å². The van der Waals surface area contributed by atoms with Crippen molar-refractivity contribution in [3.05, 3.63) is 22.8 Å². The third kappa shape index (κ3) is 1.35. The van der Waals surface area contributed by atoms with E-state index in [9.17, 15) is 5.11 Å². The zero-order valence-corrected chi connectivity index (χ0v) is 8.92. The average Bonchev–Trinajstić information content (AvgIpc) is 2.14. The first-order valence-corrected chi connectivity index (χ1v) is 5.08. The molecule has 1 aliphatic rings. The Labute approximate surface area is 84.5 Å². The number of hydrogen-bond donors (Lipinski definition) is 1. The Hall–Kier alpha value is -1.18. The van der Waals surface area contributed by atoms with E-state index in [1.807, 2.05) is 13.8 Å². The topological polar surface area (TPSA) is 29.5 Å². The van der Waals surface area contributed by atoms with Gasteiger partial charge in [0.1, 0.15) is 11.5 Å². The molecule has 2 rings (SSSR count). The lowest BCUT2D eigenvalue weighted by molar-refractivity contribution is 0.190. The molecule has 76 valence electrons. The fraction of sp³-hybridized carbons (Fsp3) is 0.500. The molecule has 0 fully saturated rings. The summed E-state index contributed by atoms with van der Waals surface area (Å²) < 4.78 is 5.79. The number of phenolic OH excluding ortho intramolecular Hbond substituents is 1. The van der Waals surface area contributed by atoms with Gasteiger partial charge in [-0.15, -0.1) is 0 Å². The highest BCUT2D eigenvalue weighted by molar-refractivity contribution is 5.53. The van der Waals surface area contributed by atoms with Crippen LogP contribution in [0.15, 0.2) is 6.07 Å². The smallest absolute Gasteiger partial charge is 0.126 e. The Morgan fingerprint density at radius 3 is 2.86 bits per heavy atom. The van der Waals surface area contributed by atoms with Crippen molar-refractivity contribution in [3.8, 4) is 11.5 Å². The Bertz CT molecular complexity index is 369. The molecule has 2 nitrogen and oxygen atoms in total. The van der Waals surface area contributed by atoms with Gasteiger partial charge in [-0.25, -0.2) is 0 Å². The van der Waals surface area contributed by atoms with Crippen LogP contribution < -0.4 is 4.74 Å². The van der Waals surface area contributed by atoms with Crippen LogP contribution in [-0.2, 0) is 6.42 Å². The molecule has 1 aromatic rings. The summed E-state index contributed by atoms with van der Waals surface area (Å²) in [6, 6.07) is 1.78. The fourth-order valence-electron chi connectivity index (χ4n) is 2.01. The molecule has 1 aromatic carbocycles. The fourth-order valence-corrected chi connectivity index (χ4v) is 2.01. The summed E-state index contributed by atoms with van der Waals surface area (Å²) in [4.78, 5) is 0. The van der Waals surface area contributed by atoms with Crippen LogP contribution in [0.25, 0.3) is 0 Å². The van der Waals surface area contributed by atoms with Crippen LogP contribution in [0, 0.1) is 13.8 Å². The van der Waals surface area contributed by atoms with E-state index in [1.54, 1.807) is 6.07 Å². The molecular weight excluding hydrogens is 176 g/mol. The van der Waals surface area contributed by atoms with Crippen molar-refractivity contribution in [2.45, 2.75) is 39.7 Å². The van der Waals surface area contributed by atoms with Crippen LogP contribution in [-0.4, -0.2) is 11.2 Å². The summed E-state index contributed by atoms with van der Waals surface area (Å²) in [5.41, 5.74) is 3.19. The van der Waals surface area contributed by atoms with E-state index in [2.05, 4.69) is 6.92 Å². The molecule has 0 saturated carbocycles. The molecule has 2 heteroatoms. The highest BCUT2D eigenvalue weighted by Gasteiger charge is 2.21. The van der Waals surface area contributed by atoms with Crippen LogP contribution in [0.5, 0.6) is 11.5 Å². The van der Waals surface area contributed by atoms with E-state index >= 15 is 0 Å². The molecule has 0 spiro atoms. The van der Waals surface area contributed by atoms with Gasteiger partial charge in [-0.2, -0.15) is 0 Å². The first-order chi connectivity index (χ1) is 6.59. The van der Waals surface area contributed by atoms with E-state index in [-0.39, 0.29) is 0 Å². The molecule has 1 unspecified atom stereocenters. The summed E-state index contributed by atoms with van der Waals surface area (Å²) >= 11 is 0. The lowest BCUT2D eigenvalue weighted by Crippen LogP contribution is -2.20. The molecule has 1 heterocycles. The molecule has 0 amide bonds. The highest BCUT2D eigenvalue weighted by Crippen LogP contribution is 2.37. The van der Waals surface area contributed by atoms with Gasteiger partial charge in [0.25, 0.3) is 0 Å². The second-order valence-electron chi connectivity index (χ2n) is 4.11. The Balaban J connectivity index is 2.57. The first-order valence-electron chi connectivity index (χ1n) is 5.08. The van der Waals surface area contributed by atoms with E-state index < -0.39 is 0 Å². The van der Waals surface area contributed by atoms with Crippen LogP contribution in [0.2, 0.25) is 0 Å². The van der Waals surface area contributed by atoms with Gasteiger partial charge >= 0.3 is 0 Å². The van der Waals surface area contributed by atoms with Gasteiger partial charge in [-0.1, -0.05) is 0 Å². The van der Waals surface area contributed by atoms with Crippen LogP contribution in [0.1, 0.15) is 30.0 Å². The lowest BCUT2D eigenvalue weighted by atomic mass is 9.95. The lowest BCUT2D eigenvalue weighted by Gasteiger charge is -2.26.